The number of rotatable bonds is 7. The summed E-state index contributed by atoms with van der Waals surface area (Å²) >= 11 is 1.50. The van der Waals surface area contributed by atoms with Gasteiger partial charge in [-0.25, -0.2) is 4.98 Å². The first-order valence-electron chi connectivity index (χ1n) is 10.5. The van der Waals surface area contributed by atoms with Gasteiger partial charge < -0.3 is 10.1 Å². The molecule has 0 bridgehead atoms. The first-order chi connectivity index (χ1) is 14.5. The molecule has 1 aliphatic heterocycles. The Hall–Kier alpha value is -2.51. The number of carbonyl (C=O) groups excluding carboxylic acids is 1. The molecule has 7 heteroatoms. The Labute approximate surface area is 181 Å². The first kappa shape index (κ1) is 20.8. The fourth-order valence-corrected chi connectivity index (χ4v) is 5.04. The Morgan fingerprint density at radius 2 is 2.10 bits per heavy atom. The number of thiazole rings is 1. The molecule has 3 heterocycles. The van der Waals surface area contributed by atoms with Crippen molar-refractivity contribution in [3.63, 3.8) is 0 Å². The van der Waals surface area contributed by atoms with Gasteiger partial charge in [-0.3, -0.25) is 9.69 Å². The van der Waals surface area contributed by atoms with Gasteiger partial charge in [-0.1, -0.05) is 23.5 Å². The van der Waals surface area contributed by atoms with E-state index in [-0.39, 0.29) is 11.9 Å². The molecule has 1 amide bonds. The third kappa shape index (κ3) is 4.96. The molecule has 3 atom stereocenters. The molecule has 1 saturated heterocycles. The minimum Gasteiger partial charge on any atom is -0.431 e. The van der Waals surface area contributed by atoms with Crippen LogP contribution in [0.5, 0.6) is 10.9 Å². The molecule has 1 aromatic carbocycles. The third-order valence-electron chi connectivity index (χ3n) is 5.67. The third-order valence-corrected chi connectivity index (χ3v) is 6.55. The van der Waals surface area contributed by atoms with Gasteiger partial charge in [0.15, 0.2) is 5.65 Å². The van der Waals surface area contributed by atoms with Crippen molar-refractivity contribution in [2.24, 2.45) is 0 Å². The molecule has 0 spiro atoms. The zero-order valence-electron chi connectivity index (χ0n) is 17.7. The second kappa shape index (κ2) is 9.10. The first-order valence-corrected chi connectivity index (χ1v) is 11.3. The van der Waals surface area contributed by atoms with Crippen molar-refractivity contribution >= 4 is 27.6 Å². The predicted octanol–water partition coefficient (Wildman–Crippen LogP) is 4.75. The topological polar surface area (TPSA) is 67.4 Å². The van der Waals surface area contributed by atoms with E-state index >= 15 is 0 Å². The number of nitrogens with one attached hydrogen (secondary N) is 1. The molecule has 4 rings (SSSR count). The molecule has 2 aromatic heterocycles. The average Bonchev–Trinajstić information content (AvgIpc) is 3.26. The molecule has 30 heavy (non-hydrogen) atoms. The SMILES string of the molecule is CC(=O)NC(C)CC1CCC(C)N1Cc1ccc(Oc2nc3ncccc3s2)cc1. The smallest absolute Gasteiger partial charge is 0.281 e. The molecule has 0 radical (unpaired) electrons. The van der Waals surface area contributed by atoms with Crippen molar-refractivity contribution in [2.45, 2.75) is 64.7 Å². The van der Waals surface area contributed by atoms with Crippen LogP contribution in [0.4, 0.5) is 0 Å². The zero-order chi connectivity index (χ0) is 21.1. The number of carbonyl (C=O) groups is 1. The van der Waals surface area contributed by atoms with E-state index in [1.54, 1.807) is 13.1 Å². The number of ether oxygens (including phenoxy) is 1. The second-order valence-electron chi connectivity index (χ2n) is 8.14. The van der Waals surface area contributed by atoms with Crippen molar-refractivity contribution in [2.75, 3.05) is 0 Å². The molecule has 6 nitrogen and oxygen atoms in total. The van der Waals surface area contributed by atoms with Gasteiger partial charge in [-0.15, -0.1) is 0 Å². The van der Waals surface area contributed by atoms with E-state index < -0.39 is 0 Å². The number of benzene rings is 1. The minimum atomic E-state index is 0.0413. The summed E-state index contributed by atoms with van der Waals surface area (Å²) in [5.41, 5.74) is 1.98. The Kier molecular flexibility index (Phi) is 6.29. The summed E-state index contributed by atoms with van der Waals surface area (Å²) in [6.45, 7) is 6.87. The maximum absolute atomic E-state index is 11.3. The van der Waals surface area contributed by atoms with E-state index in [1.807, 2.05) is 24.3 Å². The lowest BCUT2D eigenvalue weighted by Crippen LogP contribution is -2.40. The van der Waals surface area contributed by atoms with Gasteiger partial charge >= 0.3 is 0 Å². The van der Waals surface area contributed by atoms with Crippen molar-refractivity contribution < 1.29 is 9.53 Å². The lowest BCUT2D eigenvalue weighted by Gasteiger charge is -2.30. The number of amides is 1. The Balaban J connectivity index is 1.38. The van der Waals surface area contributed by atoms with Gasteiger partial charge in [0.05, 0.1) is 4.70 Å². The number of nitrogens with zero attached hydrogens (tertiary/aromatic N) is 3. The Morgan fingerprint density at radius 1 is 1.30 bits per heavy atom. The number of aromatic nitrogens is 2. The summed E-state index contributed by atoms with van der Waals surface area (Å²) in [4.78, 5) is 22.6. The molecule has 1 aliphatic rings. The number of pyridine rings is 1. The lowest BCUT2D eigenvalue weighted by atomic mass is 10.1. The molecule has 1 N–H and O–H groups in total. The predicted molar refractivity (Wildman–Crippen MR) is 120 cm³/mol. The monoisotopic (exact) mass is 424 g/mol. The summed E-state index contributed by atoms with van der Waals surface area (Å²) in [5, 5.41) is 3.63. The van der Waals surface area contributed by atoms with Crippen LogP contribution >= 0.6 is 11.3 Å². The van der Waals surface area contributed by atoms with E-state index in [0.717, 1.165) is 29.1 Å². The number of likely N-dealkylation sites (tertiary alicyclic amines) is 1. The van der Waals surface area contributed by atoms with Crippen LogP contribution in [0, 0.1) is 0 Å². The van der Waals surface area contributed by atoms with Gasteiger partial charge in [0.1, 0.15) is 5.75 Å². The Bertz CT molecular complexity index is 971. The molecule has 0 aliphatic carbocycles. The van der Waals surface area contributed by atoms with Crippen LogP contribution in [0.1, 0.15) is 45.6 Å². The Morgan fingerprint density at radius 3 is 2.83 bits per heavy atom. The molecule has 158 valence electrons. The van der Waals surface area contributed by atoms with Gasteiger partial charge in [0, 0.05) is 37.8 Å². The number of hydrogen-bond donors (Lipinski definition) is 1. The van der Waals surface area contributed by atoms with E-state index in [2.05, 4.69) is 46.2 Å². The van der Waals surface area contributed by atoms with Crippen molar-refractivity contribution in [1.82, 2.24) is 20.2 Å². The van der Waals surface area contributed by atoms with E-state index in [0.29, 0.717) is 17.3 Å². The van der Waals surface area contributed by atoms with Crippen LogP contribution in [-0.2, 0) is 11.3 Å². The average molecular weight is 425 g/mol. The minimum absolute atomic E-state index is 0.0413. The summed E-state index contributed by atoms with van der Waals surface area (Å²) in [6, 6.07) is 13.4. The van der Waals surface area contributed by atoms with Crippen LogP contribution in [0.3, 0.4) is 0 Å². The lowest BCUT2D eigenvalue weighted by molar-refractivity contribution is -0.119. The highest BCUT2D eigenvalue weighted by molar-refractivity contribution is 7.20. The van der Waals surface area contributed by atoms with Crippen LogP contribution in [0.2, 0.25) is 0 Å². The van der Waals surface area contributed by atoms with E-state index in [9.17, 15) is 4.79 Å². The summed E-state index contributed by atoms with van der Waals surface area (Å²) < 4.78 is 6.95. The maximum Gasteiger partial charge on any atom is 0.281 e. The van der Waals surface area contributed by atoms with E-state index in [4.69, 9.17) is 4.74 Å². The second-order valence-corrected chi connectivity index (χ2v) is 9.13. The summed E-state index contributed by atoms with van der Waals surface area (Å²) in [6.07, 6.45) is 5.10. The van der Waals surface area contributed by atoms with E-state index in [1.165, 1.54) is 29.7 Å². The standard InChI is InChI=1S/C23H28N4O2S/c1-15(25-17(3)28)13-19-9-6-16(2)27(19)14-18-7-10-20(11-8-18)29-23-26-22-21(30-23)5-4-12-24-22/h4-5,7-8,10-12,15-16,19H,6,9,13-14H2,1-3H3,(H,25,28). The highest BCUT2D eigenvalue weighted by Crippen LogP contribution is 2.32. The fourth-order valence-electron chi connectivity index (χ4n) is 4.24. The normalized spacial score (nSPS) is 20.4. The van der Waals surface area contributed by atoms with Gasteiger partial charge in [-0.05, 0) is 62.9 Å². The molecule has 0 saturated carbocycles. The van der Waals surface area contributed by atoms with Crippen LogP contribution < -0.4 is 10.1 Å². The van der Waals surface area contributed by atoms with Crippen molar-refractivity contribution in [3.8, 4) is 10.9 Å². The maximum atomic E-state index is 11.3. The van der Waals surface area contributed by atoms with Crippen molar-refractivity contribution in [3.05, 3.63) is 48.2 Å². The highest BCUT2D eigenvalue weighted by Gasteiger charge is 2.31. The molecule has 1 fully saturated rings. The molecular weight excluding hydrogens is 396 g/mol. The largest absolute Gasteiger partial charge is 0.431 e. The molecule has 3 aromatic rings. The van der Waals surface area contributed by atoms with Gasteiger partial charge in [-0.2, -0.15) is 4.98 Å². The van der Waals surface area contributed by atoms with Crippen LogP contribution in [0.25, 0.3) is 10.3 Å². The zero-order valence-corrected chi connectivity index (χ0v) is 18.5. The van der Waals surface area contributed by atoms with Crippen LogP contribution in [0.15, 0.2) is 42.6 Å². The number of fused-ring (bicyclic) bond motifs is 1. The highest BCUT2D eigenvalue weighted by atomic mass is 32.1. The summed E-state index contributed by atoms with van der Waals surface area (Å²) in [5.74, 6) is 0.822. The molecular formula is C23H28N4O2S. The fraction of sp³-hybridized carbons (Fsp3) is 0.435. The quantitative estimate of drug-likeness (QED) is 0.593. The van der Waals surface area contributed by atoms with Crippen LogP contribution in [-0.4, -0.2) is 38.9 Å². The summed E-state index contributed by atoms with van der Waals surface area (Å²) in [7, 11) is 0. The van der Waals surface area contributed by atoms with Gasteiger partial charge in [0.25, 0.3) is 5.19 Å². The molecule has 3 unspecified atom stereocenters. The van der Waals surface area contributed by atoms with Gasteiger partial charge in [0.2, 0.25) is 5.91 Å². The van der Waals surface area contributed by atoms with Crippen molar-refractivity contribution in [1.29, 1.82) is 0 Å². The number of hydrogen-bond acceptors (Lipinski definition) is 6.